The van der Waals surface area contributed by atoms with Crippen molar-refractivity contribution in [1.82, 2.24) is 9.97 Å². The van der Waals surface area contributed by atoms with E-state index in [9.17, 15) is 5.11 Å². The van der Waals surface area contributed by atoms with Crippen molar-refractivity contribution in [2.45, 2.75) is 39.5 Å². The molecule has 1 aliphatic carbocycles. The molecule has 3 heteroatoms. The molecule has 2 heterocycles. The highest BCUT2D eigenvalue weighted by atomic mass is 16.3. The molecule has 0 aliphatic heterocycles. The van der Waals surface area contributed by atoms with E-state index < -0.39 is 0 Å². The number of aromatic amines is 1. The van der Waals surface area contributed by atoms with Gasteiger partial charge in [-0.3, -0.25) is 4.98 Å². The van der Waals surface area contributed by atoms with Gasteiger partial charge in [0.25, 0.3) is 0 Å². The molecule has 2 aromatic heterocycles. The first-order valence-electron chi connectivity index (χ1n) is 9.69. The summed E-state index contributed by atoms with van der Waals surface area (Å²) in [5.74, 6) is 0.301. The highest BCUT2D eigenvalue weighted by Crippen LogP contribution is 2.40. The van der Waals surface area contributed by atoms with Crippen molar-refractivity contribution in [2.75, 3.05) is 0 Å². The van der Waals surface area contributed by atoms with Gasteiger partial charge in [-0.05, 0) is 54.0 Å². The van der Waals surface area contributed by atoms with Crippen molar-refractivity contribution in [3.05, 3.63) is 71.0 Å². The van der Waals surface area contributed by atoms with Crippen LogP contribution in [0.1, 0.15) is 42.8 Å². The summed E-state index contributed by atoms with van der Waals surface area (Å²) in [6.07, 6.45) is 4.08. The lowest BCUT2D eigenvalue weighted by Crippen LogP contribution is -2.24. The summed E-state index contributed by atoms with van der Waals surface area (Å²) >= 11 is 0. The average Bonchev–Trinajstić information content (AvgIpc) is 3.03. The minimum atomic E-state index is 0.301. The molecule has 1 aliphatic rings. The molecule has 2 aromatic carbocycles. The van der Waals surface area contributed by atoms with Crippen LogP contribution in [0.4, 0.5) is 0 Å². The lowest BCUT2D eigenvalue weighted by atomic mass is 9.75. The molecule has 0 radical (unpaired) electrons. The standard InChI is InChI=1S/C24H24N2O/c1-24(2)12-11-18-21(14-24)25-20(13-15-7-9-16(27)10-8-15)23-22(18)17-5-3-4-6-19(17)26-23/h3-10,26-27H,11-14H2,1-2H3. The fourth-order valence-electron chi connectivity index (χ4n) is 4.46. The third kappa shape index (κ3) is 2.78. The number of hydrogen-bond donors (Lipinski definition) is 2. The Morgan fingerprint density at radius 3 is 2.67 bits per heavy atom. The molecular weight excluding hydrogens is 332 g/mol. The van der Waals surface area contributed by atoms with E-state index in [1.165, 1.54) is 39.5 Å². The van der Waals surface area contributed by atoms with Gasteiger partial charge in [-0.15, -0.1) is 0 Å². The number of aromatic hydroxyl groups is 1. The van der Waals surface area contributed by atoms with E-state index in [0.717, 1.165) is 30.5 Å². The SMILES string of the molecule is CC1(C)CCc2c(nc(Cc3ccc(O)cc3)c3[nH]c4ccccc4c23)C1. The maximum Gasteiger partial charge on any atom is 0.115 e. The summed E-state index contributed by atoms with van der Waals surface area (Å²) in [6, 6.07) is 16.0. The van der Waals surface area contributed by atoms with Gasteiger partial charge >= 0.3 is 0 Å². The molecule has 0 spiro atoms. The van der Waals surface area contributed by atoms with Crippen molar-refractivity contribution in [3.63, 3.8) is 0 Å². The number of phenols is 1. The summed E-state index contributed by atoms with van der Waals surface area (Å²) < 4.78 is 0. The Bertz CT molecular complexity index is 1150. The molecule has 4 aromatic rings. The Morgan fingerprint density at radius 2 is 1.85 bits per heavy atom. The van der Waals surface area contributed by atoms with E-state index in [1.54, 1.807) is 12.1 Å². The Hall–Kier alpha value is -2.81. The molecule has 0 saturated carbocycles. The number of nitrogens with one attached hydrogen (secondary N) is 1. The third-order valence-electron chi connectivity index (χ3n) is 5.92. The molecule has 0 unspecified atom stereocenters. The van der Waals surface area contributed by atoms with Crippen LogP contribution in [0.5, 0.6) is 5.75 Å². The van der Waals surface area contributed by atoms with Crippen LogP contribution in [0.25, 0.3) is 21.8 Å². The lowest BCUT2D eigenvalue weighted by molar-refractivity contribution is 0.311. The minimum absolute atomic E-state index is 0.301. The number of benzene rings is 2. The predicted octanol–water partition coefficient (Wildman–Crippen LogP) is 5.53. The van der Waals surface area contributed by atoms with E-state index in [1.807, 2.05) is 12.1 Å². The molecule has 0 saturated heterocycles. The summed E-state index contributed by atoms with van der Waals surface area (Å²) in [5, 5.41) is 12.2. The second kappa shape index (κ2) is 5.85. The van der Waals surface area contributed by atoms with E-state index in [-0.39, 0.29) is 0 Å². The normalized spacial score (nSPS) is 15.9. The summed E-state index contributed by atoms with van der Waals surface area (Å²) in [7, 11) is 0. The van der Waals surface area contributed by atoms with Crippen LogP contribution in [0.2, 0.25) is 0 Å². The lowest BCUT2D eigenvalue weighted by Gasteiger charge is -2.31. The number of pyridine rings is 1. The fourth-order valence-corrected chi connectivity index (χ4v) is 4.46. The minimum Gasteiger partial charge on any atom is -0.508 e. The van der Waals surface area contributed by atoms with Crippen molar-refractivity contribution < 1.29 is 5.11 Å². The van der Waals surface area contributed by atoms with Crippen LogP contribution >= 0.6 is 0 Å². The van der Waals surface area contributed by atoms with Gasteiger partial charge in [-0.25, -0.2) is 0 Å². The van der Waals surface area contributed by atoms with Crippen LogP contribution in [0, 0.1) is 5.41 Å². The average molecular weight is 356 g/mol. The summed E-state index contributed by atoms with van der Waals surface area (Å²) in [5.41, 5.74) is 7.60. The smallest absolute Gasteiger partial charge is 0.115 e. The van der Waals surface area contributed by atoms with Gasteiger partial charge in [0.1, 0.15) is 5.75 Å². The van der Waals surface area contributed by atoms with E-state index >= 15 is 0 Å². The van der Waals surface area contributed by atoms with Crippen LogP contribution < -0.4 is 0 Å². The zero-order chi connectivity index (χ0) is 18.6. The first kappa shape index (κ1) is 16.4. The van der Waals surface area contributed by atoms with Gasteiger partial charge in [0.05, 0.1) is 11.2 Å². The second-order valence-corrected chi connectivity index (χ2v) is 8.59. The predicted molar refractivity (Wildman–Crippen MR) is 110 cm³/mol. The van der Waals surface area contributed by atoms with Crippen LogP contribution in [-0.4, -0.2) is 15.1 Å². The highest BCUT2D eigenvalue weighted by Gasteiger charge is 2.29. The molecule has 0 fully saturated rings. The maximum absolute atomic E-state index is 9.58. The van der Waals surface area contributed by atoms with Crippen molar-refractivity contribution in [3.8, 4) is 5.75 Å². The Kier molecular flexibility index (Phi) is 3.55. The Balaban J connectivity index is 1.75. The van der Waals surface area contributed by atoms with Gasteiger partial charge < -0.3 is 10.1 Å². The van der Waals surface area contributed by atoms with E-state index in [2.05, 4.69) is 43.1 Å². The van der Waals surface area contributed by atoms with E-state index in [0.29, 0.717) is 11.2 Å². The molecule has 27 heavy (non-hydrogen) atoms. The van der Waals surface area contributed by atoms with Crippen LogP contribution in [0.15, 0.2) is 48.5 Å². The number of aryl methyl sites for hydroxylation is 1. The topological polar surface area (TPSA) is 48.9 Å². The van der Waals surface area contributed by atoms with Crippen molar-refractivity contribution >= 4 is 21.8 Å². The number of aromatic nitrogens is 2. The van der Waals surface area contributed by atoms with Gasteiger partial charge in [-0.2, -0.15) is 0 Å². The second-order valence-electron chi connectivity index (χ2n) is 8.59. The van der Waals surface area contributed by atoms with E-state index in [4.69, 9.17) is 4.98 Å². The number of para-hydroxylation sites is 1. The van der Waals surface area contributed by atoms with Gasteiger partial charge in [0.2, 0.25) is 0 Å². The molecule has 0 bridgehead atoms. The summed E-state index contributed by atoms with van der Waals surface area (Å²) in [6.45, 7) is 4.69. The molecular formula is C24H24N2O. The third-order valence-corrected chi connectivity index (χ3v) is 5.92. The monoisotopic (exact) mass is 356 g/mol. The first-order chi connectivity index (χ1) is 13.0. The highest BCUT2D eigenvalue weighted by molar-refractivity contribution is 6.10. The first-order valence-corrected chi connectivity index (χ1v) is 9.69. The van der Waals surface area contributed by atoms with Gasteiger partial charge in [0, 0.05) is 28.4 Å². The van der Waals surface area contributed by atoms with Gasteiger partial charge in [0.15, 0.2) is 0 Å². The number of fused-ring (bicyclic) bond motifs is 5. The number of nitrogens with zero attached hydrogens (tertiary/aromatic N) is 1. The molecule has 5 rings (SSSR count). The number of hydrogen-bond acceptors (Lipinski definition) is 2. The van der Waals surface area contributed by atoms with Crippen molar-refractivity contribution in [1.29, 1.82) is 0 Å². The fraction of sp³-hybridized carbons (Fsp3) is 0.292. The van der Waals surface area contributed by atoms with Crippen LogP contribution in [-0.2, 0) is 19.3 Å². The Labute approximate surface area is 159 Å². The quantitative estimate of drug-likeness (QED) is 0.496. The molecule has 3 nitrogen and oxygen atoms in total. The zero-order valence-corrected chi connectivity index (χ0v) is 15.8. The summed E-state index contributed by atoms with van der Waals surface area (Å²) in [4.78, 5) is 8.79. The molecule has 136 valence electrons. The van der Waals surface area contributed by atoms with Crippen LogP contribution in [0.3, 0.4) is 0 Å². The van der Waals surface area contributed by atoms with Gasteiger partial charge in [-0.1, -0.05) is 44.2 Å². The maximum atomic E-state index is 9.58. The molecule has 0 amide bonds. The zero-order valence-electron chi connectivity index (χ0n) is 15.8. The number of rotatable bonds is 2. The molecule has 0 atom stereocenters. The van der Waals surface area contributed by atoms with Crippen molar-refractivity contribution in [2.24, 2.45) is 5.41 Å². The number of phenolic OH excluding ortho intramolecular Hbond substituents is 1. The number of H-pyrrole nitrogens is 1. The molecule has 2 N–H and O–H groups in total. The Morgan fingerprint density at radius 1 is 1.07 bits per heavy atom. The largest absolute Gasteiger partial charge is 0.508 e.